The monoisotopic (exact) mass is 259 g/mol. The lowest BCUT2D eigenvalue weighted by molar-refractivity contribution is 0.171. The van der Waals surface area contributed by atoms with Gasteiger partial charge in [-0.1, -0.05) is 28.1 Å². The van der Waals surface area contributed by atoms with Crippen molar-refractivity contribution in [3.63, 3.8) is 0 Å². The SMILES string of the molecule is OCCNCC(O)c1cccc(Br)c1. The highest BCUT2D eigenvalue weighted by Crippen LogP contribution is 2.17. The number of rotatable bonds is 5. The minimum Gasteiger partial charge on any atom is -0.395 e. The van der Waals surface area contributed by atoms with Gasteiger partial charge in [0, 0.05) is 17.6 Å². The van der Waals surface area contributed by atoms with E-state index in [0.717, 1.165) is 10.0 Å². The van der Waals surface area contributed by atoms with Gasteiger partial charge in [0.25, 0.3) is 0 Å². The third-order valence-electron chi connectivity index (χ3n) is 1.86. The zero-order valence-electron chi connectivity index (χ0n) is 7.78. The van der Waals surface area contributed by atoms with E-state index in [0.29, 0.717) is 13.1 Å². The molecule has 0 saturated carbocycles. The van der Waals surface area contributed by atoms with Crippen molar-refractivity contribution in [3.8, 4) is 0 Å². The second-order valence-electron chi connectivity index (χ2n) is 3.00. The van der Waals surface area contributed by atoms with Crippen molar-refractivity contribution >= 4 is 15.9 Å². The van der Waals surface area contributed by atoms with Crippen molar-refractivity contribution in [2.45, 2.75) is 6.10 Å². The normalized spacial score (nSPS) is 12.8. The highest BCUT2D eigenvalue weighted by Gasteiger charge is 2.06. The van der Waals surface area contributed by atoms with Gasteiger partial charge in [-0.15, -0.1) is 0 Å². The lowest BCUT2D eigenvalue weighted by Gasteiger charge is -2.11. The molecule has 0 heterocycles. The Bertz CT molecular complexity index is 281. The number of nitrogens with one attached hydrogen (secondary N) is 1. The Labute approximate surface area is 91.9 Å². The van der Waals surface area contributed by atoms with Crippen molar-refractivity contribution in [1.29, 1.82) is 0 Å². The van der Waals surface area contributed by atoms with Gasteiger partial charge >= 0.3 is 0 Å². The smallest absolute Gasteiger partial charge is 0.0914 e. The van der Waals surface area contributed by atoms with Gasteiger partial charge in [-0.25, -0.2) is 0 Å². The second-order valence-corrected chi connectivity index (χ2v) is 3.91. The van der Waals surface area contributed by atoms with Crippen LogP contribution in [0.25, 0.3) is 0 Å². The van der Waals surface area contributed by atoms with Gasteiger partial charge < -0.3 is 15.5 Å². The largest absolute Gasteiger partial charge is 0.395 e. The van der Waals surface area contributed by atoms with Crippen molar-refractivity contribution in [3.05, 3.63) is 34.3 Å². The summed E-state index contributed by atoms with van der Waals surface area (Å²) in [6.07, 6.45) is -0.529. The quantitative estimate of drug-likeness (QED) is 0.694. The summed E-state index contributed by atoms with van der Waals surface area (Å²) >= 11 is 3.34. The van der Waals surface area contributed by atoms with Gasteiger partial charge in [0.15, 0.2) is 0 Å². The summed E-state index contributed by atoms with van der Waals surface area (Å²) in [7, 11) is 0. The van der Waals surface area contributed by atoms with E-state index in [2.05, 4.69) is 21.2 Å². The summed E-state index contributed by atoms with van der Waals surface area (Å²) in [5, 5.41) is 21.2. The van der Waals surface area contributed by atoms with Gasteiger partial charge in [0.2, 0.25) is 0 Å². The van der Waals surface area contributed by atoms with Crippen LogP contribution in [0.4, 0.5) is 0 Å². The van der Waals surface area contributed by atoms with E-state index >= 15 is 0 Å². The molecule has 1 aromatic rings. The molecule has 0 radical (unpaired) electrons. The van der Waals surface area contributed by atoms with E-state index in [9.17, 15) is 5.11 Å². The Morgan fingerprint density at radius 1 is 1.43 bits per heavy atom. The van der Waals surface area contributed by atoms with Crippen LogP contribution in [0.15, 0.2) is 28.7 Å². The molecule has 0 aliphatic heterocycles. The fourth-order valence-corrected chi connectivity index (χ4v) is 1.57. The highest BCUT2D eigenvalue weighted by molar-refractivity contribution is 9.10. The first kappa shape index (κ1) is 11.7. The molecule has 0 aromatic heterocycles. The van der Waals surface area contributed by atoms with E-state index in [1.165, 1.54) is 0 Å². The van der Waals surface area contributed by atoms with Crippen LogP contribution >= 0.6 is 15.9 Å². The Hall–Kier alpha value is -0.420. The second kappa shape index (κ2) is 6.14. The average molecular weight is 260 g/mol. The molecule has 3 nitrogen and oxygen atoms in total. The van der Waals surface area contributed by atoms with Crippen LogP contribution in [0, 0.1) is 0 Å². The van der Waals surface area contributed by atoms with Crippen LogP contribution in [-0.4, -0.2) is 29.9 Å². The third kappa shape index (κ3) is 3.75. The maximum absolute atomic E-state index is 9.71. The van der Waals surface area contributed by atoms with Gasteiger partial charge in [-0.3, -0.25) is 0 Å². The van der Waals surface area contributed by atoms with Crippen LogP contribution in [0.3, 0.4) is 0 Å². The number of hydrogen-bond donors (Lipinski definition) is 3. The topological polar surface area (TPSA) is 52.5 Å². The fraction of sp³-hybridized carbons (Fsp3) is 0.400. The molecule has 1 atom stereocenters. The Balaban J connectivity index is 2.47. The van der Waals surface area contributed by atoms with Crippen LogP contribution in [0.2, 0.25) is 0 Å². The first-order valence-corrected chi connectivity index (χ1v) is 5.28. The summed E-state index contributed by atoms with van der Waals surface area (Å²) in [4.78, 5) is 0. The van der Waals surface area contributed by atoms with Crippen molar-refractivity contribution in [2.75, 3.05) is 19.7 Å². The van der Waals surface area contributed by atoms with Gasteiger partial charge in [-0.05, 0) is 17.7 Å². The summed E-state index contributed by atoms with van der Waals surface area (Å²) in [6, 6.07) is 7.55. The molecule has 0 saturated heterocycles. The molecule has 78 valence electrons. The molecule has 14 heavy (non-hydrogen) atoms. The molecule has 0 amide bonds. The first-order chi connectivity index (χ1) is 6.74. The van der Waals surface area contributed by atoms with Crippen molar-refractivity contribution in [1.82, 2.24) is 5.32 Å². The number of benzene rings is 1. The molecular weight excluding hydrogens is 246 g/mol. The molecule has 4 heteroatoms. The Morgan fingerprint density at radius 2 is 2.21 bits per heavy atom. The van der Waals surface area contributed by atoms with Crippen LogP contribution < -0.4 is 5.32 Å². The van der Waals surface area contributed by atoms with Crippen LogP contribution in [-0.2, 0) is 0 Å². The zero-order chi connectivity index (χ0) is 10.4. The minimum atomic E-state index is -0.529. The molecule has 0 fully saturated rings. The summed E-state index contributed by atoms with van der Waals surface area (Å²) in [5.41, 5.74) is 0.866. The molecule has 0 bridgehead atoms. The van der Waals surface area contributed by atoms with Crippen LogP contribution in [0.5, 0.6) is 0 Å². The molecule has 1 rings (SSSR count). The molecule has 0 aliphatic rings. The fourth-order valence-electron chi connectivity index (χ4n) is 1.15. The molecule has 1 unspecified atom stereocenters. The maximum Gasteiger partial charge on any atom is 0.0914 e. The van der Waals surface area contributed by atoms with Crippen molar-refractivity contribution < 1.29 is 10.2 Å². The van der Waals surface area contributed by atoms with E-state index < -0.39 is 6.10 Å². The lowest BCUT2D eigenvalue weighted by atomic mass is 10.1. The highest BCUT2D eigenvalue weighted by atomic mass is 79.9. The van der Waals surface area contributed by atoms with E-state index in [4.69, 9.17) is 5.11 Å². The van der Waals surface area contributed by atoms with Gasteiger partial charge in [0.05, 0.1) is 12.7 Å². The molecule has 0 spiro atoms. The third-order valence-corrected chi connectivity index (χ3v) is 2.35. The summed E-state index contributed by atoms with van der Waals surface area (Å²) in [6.45, 7) is 1.05. The predicted octanol–water partition coefficient (Wildman–Crippen LogP) is 1.06. The standard InChI is InChI=1S/C10H14BrNO2/c11-9-3-1-2-8(6-9)10(14)7-12-4-5-13/h1-3,6,10,12-14H,4-5,7H2. The number of hydrogen-bond acceptors (Lipinski definition) is 3. The summed E-state index contributed by atoms with van der Waals surface area (Å²) in [5.74, 6) is 0. The Kier molecular flexibility index (Phi) is 5.11. The van der Waals surface area contributed by atoms with Gasteiger partial charge in [-0.2, -0.15) is 0 Å². The number of aliphatic hydroxyl groups excluding tert-OH is 2. The molecular formula is C10H14BrNO2. The van der Waals surface area contributed by atoms with E-state index in [-0.39, 0.29) is 6.61 Å². The molecule has 1 aromatic carbocycles. The van der Waals surface area contributed by atoms with Crippen LogP contribution in [0.1, 0.15) is 11.7 Å². The molecule has 3 N–H and O–H groups in total. The van der Waals surface area contributed by atoms with E-state index in [1.807, 2.05) is 24.3 Å². The predicted molar refractivity (Wildman–Crippen MR) is 59.1 cm³/mol. The lowest BCUT2D eigenvalue weighted by Crippen LogP contribution is -2.24. The number of halogens is 1. The minimum absolute atomic E-state index is 0.0885. The summed E-state index contributed by atoms with van der Waals surface area (Å²) < 4.78 is 0.955. The van der Waals surface area contributed by atoms with Gasteiger partial charge in [0.1, 0.15) is 0 Å². The molecule has 0 aliphatic carbocycles. The zero-order valence-corrected chi connectivity index (χ0v) is 9.37. The first-order valence-electron chi connectivity index (χ1n) is 4.49. The number of aliphatic hydroxyl groups is 2. The maximum atomic E-state index is 9.71. The van der Waals surface area contributed by atoms with E-state index in [1.54, 1.807) is 0 Å². The average Bonchev–Trinajstić information content (AvgIpc) is 2.18. The Morgan fingerprint density at radius 3 is 2.86 bits per heavy atom. The van der Waals surface area contributed by atoms with Crippen molar-refractivity contribution in [2.24, 2.45) is 0 Å².